The van der Waals surface area contributed by atoms with E-state index in [0.29, 0.717) is 19.6 Å². The van der Waals surface area contributed by atoms with Crippen LogP contribution in [0.2, 0.25) is 0 Å². The van der Waals surface area contributed by atoms with Gasteiger partial charge in [0.1, 0.15) is 0 Å². The minimum absolute atomic E-state index is 0.0921. The minimum atomic E-state index is -0.449. The van der Waals surface area contributed by atoms with E-state index in [1.807, 2.05) is 61.2 Å². The lowest BCUT2D eigenvalue weighted by Crippen LogP contribution is -2.56. The molecule has 0 aliphatic carbocycles. The lowest BCUT2D eigenvalue weighted by atomic mass is 10.1. The summed E-state index contributed by atoms with van der Waals surface area (Å²) in [5.41, 5.74) is 0.688. The summed E-state index contributed by atoms with van der Waals surface area (Å²) in [6.07, 6.45) is 4.21. The van der Waals surface area contributed by atoms with Crippen molar-refractivity contribution in [3.8, 4) is 0 Å². The van der Waals surface area contributed by atoms with Crippen LogP contribution >= 0.6 is 0 Å². The minimum Gasteiger partial charge on any atom is -0.377 e. The van der Waals surface area contributed by atoms with Gasteiger partial charge in [0.05, 0.1) is 18.1 Å². The number of benzene rings is 1. The van der Waals surface area contributed by atoms with Crippen LogP contribution < -0.4 is 10.6 Å². The highest BCUT2D eigenvalue weighted by Gasteiger charge is 2.31. The van der Waals surface area contributed by atoms with E-state index in [1.54, 1.807) is 7.11 Å². The molecule has 1 saturated heterocycles. The highest BCUT2D eigenvalue weighted by Crippen LogP contribution is 2.11. The smallest absolute Gasteiger partial charge is 0.237 e. The first-order valence-corrected chi connectivity index (χ1v) is 8.96. The van der Waals surface area contributed by atoms with Gasteiger partial charge in [-0.15, -0.1) is 0 Å². The number of hydrogen-bond donors (Lipinski definition) is 2. The number of nitrogens with one attached hydrogen (secondary N) is 2. The van der Waals surface area contributed by atoms with Gasteiger partial charge in [0, 0.05) is 33.3 Å². The molecule has 6 heteroatoms. The number of carbonyl (C=O) groups excluding carboxylic acids is 2. The topological polar surface area (TPSA) is 70.7 Å². The molecule has 0 unspecified atom stereocenters. The van der Waals surface area contributed by atoms with Crippen molar-refractivity contribution in [1.29, 1.82) is 0 Å². The van der Waals surface area contributed by atoms with Crippen molar-refractivity contribution < 1.29 is 14.3 Å². The maximum Gasteiger partial charge on any atom is 0.237 e. The van der Waals surface area contributed by atoms with Crippen molar-refractivity contribution in [2.24, 2.45) is 0 Å². The quantitative estimate of drug-likeness (QED) is 0.737. The average molecular weight is 359 g/mol. The van der Waals surface area contributed by atoms with E-state index in [1.165, 1.54) is 0 Å². The molecule has 142 valence electrons. The number of rotatable bonds is 8. The van der Waals surface area contributed by atoms with Gasteiger partial charge in [-0.1, -0.05) is 42.5 Å². The Morgan fingerprint density at radius 1 is 1.38 bits per heavy atom. The van der Waals surface area contributed by atoms with Crippen LogP contribution in [0.15, 0.2) is 36.4 Å². The molecule has 6 nitrogen and oxygen atoms in total. The number of ether oxygens (including phenoxy) is 1. The molecular formula is C20H29N3O3. The molecule has 1 aromatic carbocycles. The first-order valence-electron chi connectivity index (χ1n) is 8.96. The van der Waals surface area contributed by atoms with Crippen LogP contribution in [0, 0.1) is 0 Å². The lowest BCUT2D eigenvalue weighted by Gasteiger charge is -2.34. The highest BCUT2D eigenvalue weighted by atomic mass is 16.5. The van der Waals surface area contributed by atoms with Crippen molar-refractivity contribution in [1.82, 2.24) is 15.5 Å². The Kier molecular flexibility index (Phi) is 7.36. The fourth-order valence-corrected chi connectivity index (χ4v) is 2.72. The molecule has 0 aromatic heterocycles. The Balaban J connectivity index is 1.91. The van der Waals surface area contributed by atoms with Crippen LogP contribution in [0.25, 0.3) is 6.08 Å². The summed E-state index contributed by atoms with van der Waals surface area (Å²) in [7, 11) is 1.61. The Bertz CT molecular complexity index is 628. The number of hydrogen-bond acceptors (Lipinski definition) is 4. The molecule has 1 aromatic rings. The third kappa shape index (κ3) is 6.28. The molecule has 1 aliphatic rings. The molecule has 1 aliphatic heterocycles. The van der Waals surface area contributed by atoms with E-state index >= 15 is 0 Å². The van der Waals surface area contributed by atoms with Gasteiger partial charge in [0.25, 0.3) is 0 Å². The molecular weight excluding hydrogens is 330 g/mol. The summed E-state index contributed by atoms with van der Waals surface area (Å²) in [6.45, 7) is 6.18. The summed E-state index contributed by atoms with van der Waals surface area (Å²) in [5.74, 6) is -0.236. The van der Waals surface area contributed by atoms with Crippen LogP contribution in [-0.4, -0.2) is 61.6 Å². The van der Waals surface area contributed by atoms with Crippen molar-refractivity contribution in [2.75, 3.05) is 33.3 Å². The van der Waals surface area contributed by atoms with Crippen molar-refractivity contribution in [2.45, 2.75) is 31.9 Å². The van der Waals surface area contributed by atoms with Crippen LogP contribution in [0.5, 0.6) is 0 Å². The number of amides is 2. The maximum atomic E-state index is 12.3. The zero-order chi connectivity index (χ0) is 19.0. The molecule has 2 amide bonds. The Morgan fingerprint density at radius 3 is 2.81 bits per heavy atom. The van der Waals surface area contributed by atoms with Crippen molar-refractivity contribution in [3.63, 3.8) is 0 Å². The van der Waals surface area contributed by atoms with Crippen LogP contribution in [0.1, 0.15) is 25.8 Å². The Morgan fingerprint density at radius 2 is 2.12 bits per heavy atom. The third-order valence-electron chi connectivity index (χ3n) is 4.53. The summed E-state index contributed by atoms with van der Waals surface area (Å²) < 4.78 is 5.30. The number of nitrogens with zero attached hydrogens (tertiary/aromatic N) is 1. The normalized spacial score (nSPS) is 18.7. The van der Waals surface area contributed by atoms with Gasteiger partial charge >= 0.3 is 0 Å². The highest BCUT2D eigenvalue weighted by molar-refractivity contribution is 5.88. The van der Waals surface area contributed by atoms with Crippen LogP contribution in [0.3, 0.4) is 0 Å². The molecule has 0 spiro atoms. The zero-order valence-corrected chi connectivity index (χ0v) is 15.8. The van der Waals surface area contributed by atoms with Crippen molar-refractivity contribution >= 4 is 17.9 Å². The Hall–Kier alpha value is -2.18. The van der Waals surface area contributed by atoms with Gasteiger partial charge in [-0.05, 0) is 19.4 Å². The molecule has 1 fully saturated rings. The number of carbonyl (C=O) groups is 2. The van der Waals surface area contributed by atoms with Gasteiger partial charge in [0.15, 0.2) is 0 Å². The molecule has 26 heavy (non-hydrogen) atoms. The van der Waals surface area contributed by atoms with Gasteiger partial charge in [-0.2, -0.15) is 0 Å². The maximum absolute atomic E-state index is 12.3. The van der Waals surface area contributed by atoms with E-state index < -0.39 is 11.6 Å². The molecule has 0 radical (unpaired) electrons. The number of methoxy groups -OCH3 is 1. The van der Waals surface area contributed by atoms with E-state index in [2.05, 4.69) is 10.6 Å². The van der Waals surface area contributed by atoms with Gasteiger partial charge < -0.3 is 15.4 Å². The first-order chi connectivity index (χ1) is 12.4. The average Bonchev–Trinajstić information content (AvgIpc) is 2.64. The van der Waals surface area contributed by atoms with E-state index in [-0.39, 0.29) is 18.2 Å². The van der Waals surface area contributed by atoms with Crippen molar-refractivity contribution in [3.05, 3.63) is 42.0 Å². The predicted octanol–water partition coefficient (Wildman–Crippen LogP) is 1.43. The zero-order valence-electron chi connectivity index (χ0n) is 15.8. The molecule has 1 atom stereocenters. The fraction of sp³-hybridized carbons (Fsp3) is 0.500. The SMILES string of the molecule is COC(C)(C)CNC(=O)C[C@H]1C(=O)NCCN1C/C=C/c1ccccc1. The monoisotopic (exact) mass is 359 g/mol. The molecule has 0 saturated carbocycles. The molecule has 0 bridgehead atoms. The summed E-state index contributed by atoms with van der Waals surface area (Å²) in [6, 6.07) is 9.57. The van der Waals surface area contributed by atoms with Crippen LogP contribution in [-0.2, 0) is 14.3 Å². The Labute approximate surface area is 155 Å². The standard InChI is InChI=1S/C20H29N3O3/c1-20(2,26-3)15-22-18(24)14-17-19(25)21-11-13-23(17)12-7-10-16-8-5-4-6-9-16/h4-10,17H,11-15H2,1-3H3,(H,21,25)(H,22,24)/b10-7+/t17-/m0/s1. The summed E-state index contributed by atoms with van der Waals surface area (Å²) >= 11 is 0. The van der Waals surface area contributed by atoms with E-state index in [4.69, 9.17) is 4.74 Å². The summed E-state index contributed by atoms with van der Waals surface area (Å²) in [5, 5.41) is 5.71. The molecule has 1 heterocycles. The van der Waals surface area contributed by atoms with Crippen LogP contribution in [0.4, 0.5) is 0 Å². The first kappa shape index (κ1) is 20.1. The van der Waals surface area contributed by atoms with Gasteiger partial charge in [0.2, 0.25) is 11.8 Å². The second kappa shape index (κ2) is 9.50. The number of piperazine rings is 1. The van der Waals surface area contributed by atoms with E-state index in [9.17, 15) is 9.59 Å². The van der Waals surface area contributed by atoms with Gasteiger partial charge in [-0.3, -0.25) is 14.5 Å². The van der Waals surface area contributed by atoms with E-state index in [0.717, 1.165) is 12.1 Å². The molecule has 2 N–H and O–H groups in total. The van der Waals surface area contributed by atoms with Gasteiger partial charge in [-0.25, -0.2) is 0 Å². The lowest BCUT2D eigenvalue weighted by molar-refractivity contribution is -0.134. The second-order valence-electron chi connectivity index (χ2n) is 7.06. The molecule has 2 rings (SSSR count). The predicted molar refractivity (Wildman–Crippen MR) is 103 cm³/mol. The third-order valence-corrected chi connectivity index (χ3v) is 4.53. The summed E-state index contributed by atoms with van der Waals surface area (Å²) in [4.78, 5) is 26.6. The second-order valence-corrected chi connectivity index (χ2v) is 7.06. The largest absolute Gasteiger partial charge is 0.377 e. The fourth-order valence-electron chi connectivity index (χ4n) is 2.72.